The quantitative estimate of drug-likeness (QED) is 0.177. The largest absolute Gasteiger partial charge is 0.341 e. The standard InChI is InChI=1S/C21H25F2IN2/c1-2-3-4-5-6-9-14-25-19-10-7-8-11-20(19)26(21(25)24)18-13-12-16(22)15-17(18)23/h7-8,10-13,15,21H,2-6,9,14H2,1H3. The third kappa shape index (κ3) is 4.13. The second kappa shape index (κ2) is 9.02. The number of unbranched alkanes of at least 4 members (excludes halogenated alkanes) is 5. The van der Waals surface area contributed by atoms with E-state index in [4.69, 9.17) is 0 Å². The highest BCUT2D eigenvalue weighted by Crippen LogP contribution is 2.46. The molecule has 0 aliphatic carbocycles. The van der Waals surface area contributed by atoms with Gasteiger partial charge in [0.25, 0.3) is 0 Å². The lowest BCUT2D eigenvalue weighted by atomic mass is 10.1. The van der Waals surface area contributed by atoms with Crippen molar-refractivity contribution < 1.29 is 8.78 Å². The van der Waals surface area contributed by atoms with Crippen LogP contribution in [0, 0.1) is 11.6 Å². The molecule has 3 rings (SSSR count). The van der Waals surface area contributed by atoms with Gasteiger partial charge in [-0.2, -0.15) is 0 Å². The number of rotatable bonds is 8. The second-order valence-electron chi connectivity index (χ2n) is 6.73. The Balaban J connectivity index is 1.76. The molecule has 1 aliphatic heterocycles. The second-order valence-corrected chi connectivity index (χ2v) is 7.84. The summed E-state index contributed by atoms with van der Waals surface area (Å²) >= 11 is 2.35. The highest BCUT2D eigenvalue weighted by molar-refractivity contribution is 14.1. The molecule has 26 heavy (non-hydrogen) atoms. The molecule has 0 fully saturated rings. The number of nitrogens with zero attached hydrogens (tertiary/aromatic N) is 2. The SMILES string of the molecule is CCCCCCCCN1c2ccccc2N(c2ccc(F)cc2F)C1I. The van der Waals surface area contributed by atoms with Crippen LogP contribution in [0.4, 0.5) is 25.8 Å². The van der Waals surface area contributed by atoms with Gasteiger partial charge in [0.1, 0.15) is 11.6 Å². The lowest BCUT2D eigenvalue weighted by Gasteiger charge is -2.29. The molecule has 1 heterocycles. The van der Waals surface area contributed by atoms with Crippen molar-refractivity contribution in [3.8, 4) is 0 Å². The molecule has 5 heteroatoms. The Morgan fingerprint density at radius 3 is 2.31 bits per heavy atom. The van der Waals surface area contributed by atoms with E-state index < -0.39 is 11.6 Å². The monoisotopic (exact) mass is 470 g/mol. The molecule has 140 valence electrons. The van der Waals surface area contributed by atoms with Gasteiger partial charge in [0, 0.05) is 12.6 Å². The van der Waals surface area contributed by atoms with E-state index in [1.54, 1.807) is 0 Å². The Hall–Kier alpha value is -1.37. The van der Waals surface area contributed by atoms with Gasteiger partial charge in [0.05, 0.1) is 17.1 Å². The van der Waals surface area contributed by atoms with Crippen molar-refractivity contribution in [2.45, 2.75) is 49.6 Å². The van der Waals surface area contributed by atoms with Crippen molar-refractivity contribution in [2.24, 2.45) is 0 Å². The fraction of sp³-hybridized carbons (Fsp3) is 0.429. The summed E-state index contributed by atoms with van der Waals surface area (Å²) in [6.45, 7) is 3.17. The Labute approximate surface area is 168 Å². The molecule has 1 atom stereocenters. The van der Waals surface area contributed by atoms with E-state index in [0.717, 1.165) is 30.4 Å². The van der Waals surface area contributed by atoms with E-state index in [-0.39, 0.29) is 4.17 Å². The van der Waals surface area contributed by atoms with Gasteiger partial charge in [-0.05, 0) is 53.3 Å². The maximum absolute atomic E-state index is 14.4. The molecule has 1 aliphatic rings. The molecule has 0 saturated heterocycles. The van der Waals surface area contributed by atoms with Gasteiger partial charge in [-0.15, -0.1) is 0 Å². The normalized spacial score (nSPS) is 16.2. The molecule has 0 amide bonds. The van der Waals surface area contributed by atoms with E-state index in [9.17, 15) is 8.78 Å². The summed E-state index contributed by atoms with van der Waals surface area (Å²) in [6, 6.07) is 11.9. The van der Waals surface area contributed by atoms with Gasteiger partial charge in [0.2, 0.25) is 0 Å². The topological polar surface area (TPSA) is 6.48 Å². The minimum atomic E-state index is -0.548. The Bertz CT molecular complexity index is 738. The molecule has 2 nitrogen and oxygen atoms in total. The Morgan fingerprint density at radius 1 is 0.885 bits per heavy atom. The highest BCUT2D eigenvalue weighted by atomic mass is 127. The minimum absolute atomic E-state index is 0.0272. The predicted octanol–water partition coefficient (Wildman–Crippen LogP) is 7.00. The van der Waals surface area contributed by atoms with Crippen molar-refractivity contribution >= 4 is 39.7 Å². The average molecular weight is 470 g/mol. The van der Waals surface area contributed by atoms with Crippen LogP contribution < -0.4 is 9.80 Å². The van der Waals surface area contributed by atoms with Crippen LogP contribution in [-0.2, 0) is 0 Å². The number of alkyl halides is 1. The number of anilines is 3. The van der Waals surface area contributed by atoms with Gasteiger partial charge in [-0.25, -0.2) is 8.78 Å². The Morgan fingerprint density at radius 2 is 1.58 bits per heavy atom. The molecular formula is C21H25F2IN2. The summed E-state index contributed by atoms with van der Waals surface area (Å²) in [5, 5.41) is 0. The van der Waals surface area contributed by atoms with Crippen LogP contribution in [0.1, 0.15) is 45.4 Å². The summed E-state index contributed by atoms with van der Waals surface area (Å²) < 4.78 is 27.7. The van der Waals surface area contributed by atoms with Gasteiger partial charge >= 0.3 is 0 Å². The summed E-state index contributed by atoms with van der Waals surface area (Å²) in [7, 11) is 0. The molecule has 1 unspecified atom stereocenters. The molecule has 0 N–H and O–H groups in total. The van der Waals surface area contributed by atoms with Gasteiger partial charge in [-0.3, -0.25) is 0 Å². The van der Waals surface area contributed by atoms with Crippen molar-refractivity contribution in [1.29, 1.82) is 0 Å². The zero-order valence-electron chi connectivity index (χ0n) is 15.1. The predicted molar refractivity (Wildman–Crippen MR) is 113 cm³/mol. The fourth-order valence-electron chi connectivity index (χ4n) is 3.49. The zero-order valence-corrected chi connectivity index (χ0v) is 17.3. The lowest BCUT2D eigenvalue weighted by Crippen LogP contribution is -2.36. The van der Waals surface area contributed by atoms with Crippen LogP contribution >= 0.6 is 22.6 Å². The summed E-state index contributed by atoms with van der Waals surface area (Å²) in [4.78, 5) is 4.28. The van der Waals surface area contributed by atoms with Crippen LogP contribution in [-0.4, -0.2) is 10.7 Å². The molecule has 0 aromatic heterocycles. The average Bonchev–Trinajstić information content (AvgIpc) is 2.90. The summed E-state index contributed by atoms with van der Waals surface area (Å²) in [5.41, 5.74) is 2.51. The van der Waals surface area contributed by atoms with E-state index in [1.807, 2.05) is 23.1 Å². The highest BCUT2D eigenvalue weighted by Gasteiger charge is 2.35. The van der Waals surface area contributed by atoms with E-state index in [0.29, 0.717) is 5.69 Å². The van der Waals surface area contributed by atoms with E-state index in [1.165, 1.54) is 44.2 Å². The first kappa shape index (κ1) is 19.4. The molecule has 2 aromatic rings. The maximum atomic E-state index is 14.4. The van der Waals surface area contributed by atoms with E-state index >= 15 is 0 Å². The first-order valence-electron chi connectivity index (χ1n) is 9.37. The number of fused-ring (bicyclic) bond motifs is 1. The van der Waals surface area contributed by atoms with Crippen molar-refractivity contribution in [3.05, 3.63) is 54.1 Å². The van der Waals surface area contributed by atoms with Gasteiger partial charge in [-0.1, -0.05) is 51.2 Å². The molecule has 0 spiro atoms. The van der Waals surface area contributed by atoms with Crippen LogP contribution in [0.25, 0.3) is 0 Å². The zero-order chi connectivity index (χ0) is 18.5. The molecule has 0 saturated carbocycles. The van der Waals surface area contributed by atoms with Gasteiger partial charge in [0.15, 0.2) is 4.17 Å². The van der Waals surface area contributed by atoms with E-state index in [2.05, 4.69) is 40.5 Å². The molecule has 0 bridgehead atoms. The number of para-hydroxylation sites is 2. The minimum Gasteiger partial charge on any atom is -0.341 e. The van der Waals surface area contributed by atoms with Crippen LogP contribution in [0.5, 0.6) is 0 Å². The third-order valence-corrected chi connectivity index (χ3v) is 6.07. The van der Waals surface area contributed by atoms with Crippen molar-refractivity contribution in [3.63, 3.8) is 0 Å². The number of benzene rings is 2. The van der Waals surface area contributed by atoms with Crippen LogP contribution in [0.3, 0.4) is 0 Å². The van der Waals surface area contributed by atoms with Crippen LogP contribution in [0.15, 0.2) is 42.5 Å². The molecule has 0 radical (unpaired) electrons. The van der Waals surface area contributed by atoms with Gasteiger partial charge < -0.3 is 9.80 Å². The first-order valence-corrected chi connectivity index (χ1v) is 10.6. The Kier molecular flexibility index (Phi) is 6.73. The smallest absolute Gasteiger partial charge is 0.159 e. The summed E-state index contributed by atoms with van der Waals surface area (Å²) in [6.07, 6.45) is 7.47. The molecular weight excluding hydrogens is 445 g/mol. The van der Waals surface area contributed by atoms with Crippen molar-refractivity contribution in [2.75, 3.05) is 16.3 Å². The number of halogens is 3. The fourth-order valence-corrected chi connectivity index (χ4v) is 4.67. The molecule has 2 aromatic carbocycles. The summed E-state index contributed by atoms with van der Waals surface area (Å²) in [5.74, 6) is -1.07. The number of hydrogen-bond acceptors (Lipinski definition) is 2. The van der Waals surface area contributed by atoms with Crippen LogP contribution in [0.2, 0.25) is 0 Å². The third-order valence-electron chi connectivity index (χ3n) is 4.84. The first-order chi connectivity index (χ1) is 12.6. The van der Waals surface area contributed by atoms with Crippen molar-refractivity contribution in [1.82, 2.24) is 0 Å². The number of hydrogen-bond donors (Lipinski definition) is 0. The maximum Gasteiger partial charge on any atom is 0.159 e. The lowest BCUT2D eigenvalue weighted by molar-refractivity contribution is 0.580.